The molecule has 0 bridgehead atoms. The Labute approximate surface area is 195 Å². The van der Waals surface area contributed by atoms with Gasteiger partial charge in [0, 0.05) is 34.3 Å². The van der Waals surface area contributed by atoms with E-state index < -0.39 is 27.3 Å². The van der Waals surface area contributed by atoms with Gasteiger partial charge in [-0.2, -0.15) is 4.31 Å². The molecule has 32 heavy (non-hydrogen) atoms. The molecule has 2 atom stereocenters. The number of benzene rings is 3. The SMILES string of the molecule is Cc1cccc([C@H]2CN(S(=O)(=O)c3ccc([N+](=O)[O-])cc3)[C@@H](c3ccc(Cl)cc3Cl)O2)c1. The van der Waals surface area contributed by atoms with Crippen LogP contribution in [0.25, 0.3) is 0 Å². The Hall–Kier alpha value is -2.49. The van der Waals surface area contributed by atoms with Gasteiger partial charge in [0.15, 0.2) is 6.23 Å². The fraction of sp³-hybridized carbons (Fsp3) is 0.182. The van der Waals surface area contributed by atoms with Crippen molar-refractivity contribution in [3.8, 4) is 0 Å². The summed E-state index contributed by atoms with van der Waals surface area (Å²) in [4.78, 5) is 10.3. The topological polar surface area (TPSA) is 89.8 Å². The molecule has 0 N–H and O–H groups in total. The lowest BCUT2D eigenvalue weighted by Gasteiger charge is -2.23. The van der Waals surface area contributed by atoms with Crippen LogP contribution in [0.5, 0.6) is 0 Å². The van der Waals surface area contributed by atoms with E-state index in [0.29, 0.717) is 10.6 Å². The van der Waals surface area contributed by atoms with E-state index in [1.54, 1.807) is 12.1 Å². The number of nitro benzene ring substituents is 1. The second-order valence-electron chi connectivity index (χ2n) is 7.38. The number of sulfonamides is 1. The van der Waals surface area contributed by atoms with Gasteiger partial charge in [-0.05, 0) is 36.8 Å². The molecule has 1 aliphatic heterocycles. The summed E-state index contributed by atoms with van der Waals surface area (Å²) in [6.45, 7) is 1.99. The van der Waals surface area contributed by atoms with Crippen LogP contribution >= 0.6 is 23.2 Å². The summed E-state index contributed by atoms with van der Waals surface area (Å²) in [5, 5.41) is 11.6. The number of rotatable bonds is 5. The van der Waals surface area contributed by atoms with Crippen LogP contribution in [0.4, 0.5) is 5.69 Å². The van der Waals surface area contributed by atoms with Gasteiger partial charge in [-0.1, -0.05) is 59.1 Å². The van der Waals surface area contributed by atoms with E-state index in [4.69, 9.17) is 27.9 Å². The van der Waals surface area contributed by atoms with Crippen molar-refractivity contribution < 1.29 is 18.1 Å². The Bertz CT molecular complexity index is 1280. The molecule has 1 saturated heterocycles. The van der Waals surface area contributed by atoms with Crippen LogP contribution in [0.2, 0.25) is 10.0 Å². The highest BCUT2D eigenvalue weighted by Crippen LogP contribution is 2.43. The van der Waals surface area contributed by atoms with Gasteiger partial charge in [0.2, 0.25) is 10.0 Å². The summed E-state index contributed by atoms with van der Waals surface area (Å²) in [5.41, 5.74) is 2.11. The van der Waals surface area contributed by atoms with Crippen molar-refractivity contribution in [3.63, 3.8) is 0 Å². The van der Waals surface area contributed by atoms with E-state index in [1.165, 1.54) is 22.5 Å². The molecular formula is C22H18Cl2N2O5S. The first-order valence-corrected chi connectivity index (χ1v) is 11.8. The third kappa shape index (κ3) is 4.37. The van der Waals surface area contributed by atoms with Crippen LogP contribution in [0, 0.1) is 17.0 Å². The maximum Gasteiger partial charge on any atom is 0.269 e. The zero-order chi connectivity index (χ0) is 23.0. The molecule has 10 heteroatoms. The number of nitro groups is 1. The van der Waals surface area contributed by atoms with E-state index >= 15 is 0 Å². The average Bonchev–Trinajstić information content (AvgIpc) is 3.20. The van der Waals surface area contributed by atoms with Gasteiger partial charge >= 0.3 is 0 Å². The summed E-state index contributed by atoms with van der Waals surface area (Å²) in [6.07, 6.45) is -1.52. The van der Waals surface area contributed by atoms with E-state index in [2.05, 4.69) is 0 Å². The molecule has 0 radical (unpaired) electrons. The summed E-state index contributed by atoms with van der Waals surface area (Å²) >= 11 is 12.4. The number of ether oxygens (including phenoxy) is 1. The molecule has 7 nitrogen and oxygen atoms in total. The minimum atomic E-state index is -4.06. The Kier molecular flexibility index (Phi) is 6.24. The van der Waals surface area contributed by atoms with Crippen molar-refractivity contribution in [2.75, 3.05) is 6.54 Å². The molecule has 0 aromatic heterocycles. The van der Waals surface area contributed by atoms with Gasteiger partial charge in [-0.25, -0.2) is 8.42 Å². The van der Waals surface area contributed by atoms with Crippen LogP contribution in [0.3, 0.4) is 0 Å². The third-order valence-corrected chi connectivity index (χ3v) is 7.59. The summed E-state index contributed by atoms with van der Waals surface area (Å²) < 4.78 is 34.5. The van der Waals surface area contributed by atoms with E-state index in [0.717, 1.165) is 23.3 Å². The van der Waals surface area contributed by atoms with E-state index in [9.17, 15) is 18.5 Å². The predicted octanol–water partition coefficient (Wildman–Crippen LogP) is 5.67. The lowest BCUT2D eigenvalue weighted by atomic mass is 10.1. The monoisotopic (exact) mass is 492 g/mol. The number of aryl methyl sites for hydroxylation is 1. The highest BCUT2D eigenvalue weighted by molar-refractivity contribution is 7.89. The Morgan fingerprint density at radius 2 is 1.78 bits per heavy atom. The third-order valence-electron chi connectivity index (χ3n) is 5.20. The summed E-state index contributed by atoms with van der Waals surface area (Å²) in [5.74, 6) is 0. The number of hydrogen-bond donors (Lipinski definition) is 0. The normalized spacial score (nSPS) is 19.2. The largest absolute Gasteiger partial charge is 0.348 e. The van der Waals surface area contributed by atoms with Gasteiger partial charge < -0.3 is 4.74 Å². The number of halogens is 2. The number of hydrogen-bond acceptors (Lipinski definition) is 5. The molecule has 3 aromatic rings. The molecule has 0 unspecified atom stereocenters. The minimum absolute atomic E-state index is 0.0480. The Morgan fingerprint density at radius 1 is 1.06 bits per heavy atom. The molecule has 166 valence electrons. The standard InChI is InChI=1S/C22H18Cl2N2O5S/c1-14-3-2-4-15(11-14)21-13-25(22(31-21)19-10-5-16(23)12-20(19)24)32(29,30)18-8-6-17(7-9-18)26(27)28/h2-12,21-22H,13H2,1H3/t21-,22-/m1/s1. The Morgan fingerprint density at radius 3 is 2.41 bits per heavy atom. The van der Waals surface area contributed by atoms with Crippen molar-refractivity contribution in [3.05, 3.63) is 104 Å². The van der Waals surface area contributed by atoms with Crippen molar-refractivity contribution in [1.82, 2.24) is 4.31 Å². The Balaban J connectivity index is 1.77. The van der Waals surface area contributed by atoms with Gasteiger partial charge in [-0.3, -0.25) is 10.1 Å². The molecule has 0 amide bonds. The van der Waals surface area contributed by atoms with Gasteiger partial charge in [0.05, 0.1) is 15.9 Å². The van der Waals surface area contributed by atoms with Crippen LogP contribution in [-0.2, 0) is 14.8 Å². The minimum Gasteiger partial charge on any atom is -0.348 e. The molecule has 4 rings (SSSR count). The van der Waals surface area contributed by atoms with Gasteiger partial charge in [0.25, 0.3) is 5.69 Å². The molecule has 1 fully saturated rings. The quantitative estimate of drug-likeness (QED) is 0.338. The first-order valence-electron chi connectivity index (χ1n) is 9.60. The van der Waals surface area contributed by atoms with E-state index in [-0.39, 0.29) is 22.2 Å². The molecule has 0 spiro atoms. The predicted molar refractivity (Wildman–Crippen MR) is 121 cm³/mol. The van der Waals surface area contributed by atoms with Crippen LogP contribution in [0.1, 0.15) is 29.0 Å². The molecular weight excluding hydrogens is 475 g/mol. The van der Waals surface area contributed by atoms with Crippen molar-refractivity contribution in [1.29, 1.82) is 0 Å². The first kappa shape index (κ1) is 22.7. The first-order chi connectivity index (χ1) is 15.2. The van der Waals surface area contributed by atoms with Crippen molar-refractivity contribution in [2.45, 2.75) is 24.2 Å². The zero-order valence-corrected chi connectivity index (χ0v) is 19.1. The summed E-state index contributed by atoms with van der Waals surface area (Å²) in [7, 11) is -4.06. The van der Waals surface area contributed by atoms with Crippen LogP contribution < -0.4 is 0 Å². The molecule has 0 aliphatic carbocycles. The van der Waals surface area contributed by atoms with Gasteiger partial charge in [0.1, 0.15) is 0 Å². The van der Waals surface area contributed by atoms with E-state index in [1.807, 2.05) is 31.2 Å². The molecule has 0 saturated carbocycles. The molecule has 3 aromatic carbocycles. The highest BCUT2D eigenvalue weighted by Gasteiger charge is 2.43. The van der Waals surface area contributed by atoms with Crippen LogP contribution in [0.15, 0.2) is 71.6 Å². The molecule has 1 heterocycles. The average molecular weight is 493 g/mol. The van der Waals surface area contributed by atoms with Gasteiger partial charge in [-0.15, -0.1) is 0 Å². The molecule has 1 aliphatic rings. The lowest BCUT2D eigenvalue weighted by molar-refractivity contribution is -0.384. The van der Waals surface area contributed by atoms with Crippen molar-refractivity contribution in [2.24, 2.45) is 0 Å². The fourth-order valence-electron chi connectivity index (χ4n) is 3.61. The maximum atomic E-state index is 13.5. The second kappa shape index (κ2) is 8.80. The van der Waals surface area contributed by atoms with Crippen molar-refractivity contribution >= 4 is 38.9 Å². The second-order valence-corrected chi connectivity index (χ2v) is 10.1. The maximum absolute atomic E-state index is 13.5. The smallest absolute Gasteiger partial charge is 0.269 e. The summed E-state index contributed by atoms with van der Waals surface area (Å²) in [6, 6.07) is 17.2. The highest BCUT2D eigenvalue weighted by atomic mass is 35.5. The lowest BCUT2D eigenvalue weighted by Crippen LogP contribution is -2.31. The van der Waals surface area contributed by atoms with Crippen LogP contribution in [-0.4, -0.2) is 24.2 Å². The number of non-ortho nitro benzene ring substituents is 1. The number of nitrogens with zero attached hydrogens (tertiary/aromatic N) is 2. The zero-order valence-electron chi connectivity index (χ0n) is 16.8. The fourth-order valence-corrected chi connectivity index (χ4v) is 5.61.